The van der Waals surface area contributed by atoms with Crippen LogP contribution in [0.2, 0.25) is 5.02 Å². The maximum atomic E-state index is 12.8. The van der Waals surface area contributed by atoms with Crippen LogP contribution in [0, 0.1) is 0 Å². The number of thiophene rings is 1. The number of halogens is 1. The van der Waals surface area contributed by atoms with E-state index in [0.29, 0.717) is 23.0 Å². The molecule has 1 aromatic heterocycles. The van der Waals surface area contributed by atoms with Gasteiger partial charge in [-0.3, -0.25) is 9.10 Å². The highest BCUT2D eigenvalue weighted by Gasteiger charge is 2.21. The zero-order chi connectivity index (χ0) is 21.7. The molecule has 0 aliphatic carbocycles. The van der Waals surface area contributed by atoms with Crippen molar-refractivity contribution in [2.75, 3.05) is 25.0 Å². The van der Waals surface area contributed by atoms with Gasteiger partial charge in [-0.15, -0.1) is 11.3 Å². The molecule has 0 unspecified atom stereocenters. The van der Waals surface area contributed by atoms with Gasteiger partial charge in [0.05, 0.1) is 17.1 Å². The fourth-order valence-electron chi connectivity index (χ4n) is 2.64. The van der Waals surface area contributed by atoms with Crippen LogP contribution in [0.5, 0.6) is 5.75 Å². The number of benzene rings is 2. The first-order valence-corrected chi connectivity index (χ1v) is 11.7. The molecule has 3 aromatic rings. The first-order chi connectivity index (χ1) is 14.3. The summed E-state index contributed by atoms with van der Waals surface area (Å²) in [7, 11) is -0.507. The van der Waals surface area contributed by atoms with Crippen LogP contribution < -0.4 is 9.04 Å². The molecule has 0 aliphatic rings. The Morgan fingerprint density at radius 2 is 1.70 bits per heavy atom. The monoisotopic (exact) mass is 464 g/mol. The minimum atomic E-state index is -3.71. The van der Waals surface area contributed by atoms with E-state index in [2.05, 4.69) is 0 Å². The third-order valence-corrected chi connectivity index (χ3v) is 7.35. The molecule has 0 N–H and O–H groups in total. The fourth-order valence-corrected chi connectivity index (χ4v) is 4.71. The van der Waals surface area contributed by atoms with E-state index in [1.54, 1.807) is 47.5 Å². The zero-order valence-corrected chi connectivity index (χ0v) is 18.9. The number of anilines is 1. The topological polar surface area (TPSA) is 66.9 Å². The smallest absolute Gasteiger partial charge is 0.264 e. The minimum absolute atomic E-state index is 0.0971. The highest BCUT2D eigenvalue weighted by Crippen LogP contribution is 2.25. The Hall–Kier alpha value is -2.55. The van der Waals surface area contributed by atoms with Crippen LogP contribution in [0.1, 0.15) is 4.88 Å². The van der Waals surface area contributed by atoms with Crippen LogP contribution in [0.15, 0.2) is 70.9 Å². The van der Waals surface area contributed by atoms with Crippen molar-refractivity contribution in [1.82, 2.24) is 4.90 Å². The molecule has 0 saturated heterocycles. The number of ether oxygens (including phenoxy) is 1. The Balaban J connectivity index is 1.60. The summed E-state index contributed by atoms with van der Waals surface area (Å²) in [6.07, 6.45) is 0. The number of amides is 1. The average Bonchev–Trinajstić information content (AvgIpc) is 3.25. The fraction of sp³-hybridized carbons (Fsp3) is 0.190. The van der Waals surface area contributed by atoms with E-state index in [4.69, 9.17) is 16.3 Å². The third kappa shape index (κ3) is 5.33. The van der Waals surface area contributed by atoms with Crippen LogP contribution >= 0.6 is 22.9 Å². The molecule has 30 heavy (non-hydrogen) atoms. The zero-order valence-electron chi connectivity index (χ0n) is 16.5. The summed E-state index contributed by atoms with van der Waals surface area (Å²) in [5.41, 5.74) is 0.471. The Morgan fingerprint density at radius 1 is 1.03 bits per heavy atom. The van der Waals surface area contributed by atoms with E-state index in [1.165, 1.54) is 35.6 Å². The molecule has 3 rings (SSSR count). The van der Waals surface area contributed by atoms with E-state index in [1.807, 2.05) is 17.5 Å². The van der Waals surface area contributed by atoms with Crippen LogP contribution in [-0.2, 0) is 21.4 Å². The lowest BCUT2D eigenvalue weighted by molar-refractivity contribution is -0.132. The van der Waals surface area contributed by atoms with Crippen molar-refractivity contribution in [2.24, 2.45) is 0 Å². The normalized spacial score (nSPS) is 11.2. The van der Waals surface area contributed by atoms with E-state index >= 15 is 0 Å². The molecule has 0 bridgehead atoms. The second-order valence-electron chi connectivity index (χ2n) is 6.54. The molecule has 1 heterocycles. The summed E-state index contributed by atoms with van der Waals surface area (Å²) in [6.45, 7) is 0.437. The minimum Gasteiger partial charge on any atom is -0.484 e. The number of carbonyl (C=O) groups excluding carboxylic acids is 1. The lowest BCUT2D eigenvalue weighted by atomic mass is 10.3. The molecule has 0 saturated carbocycles. The third-order valence-electron chi connectivity index (χ3n) is 4.43. The van der Waals surface area contributed by atoms with Crippen LogP contribution in [0.25, 0.3) is 0 Å². The summed E-state index contributed by atoms with van der Waals surface area (Å²) < 4.78 is 32.2. The van der Waals surface area contributed by atoms with Gasteiger partial charge in [0.1, 0.15) is 5.75 Å². The van der Waals surface area contributed by atoms with Crippen molar-refractivity contribution in [3.05, 3.63) is 75.9 Å². The molecule has 6 nitrogen and oxygen atoms in total. The average molecular weight is 465 g/mol. The molecule has 9 heteroatoms. The highest BCUT2D eigenvalue weighted by molar-refractivity contribution is 7.92. The number of hydrogen-bond acceptors (Lipinski definition) is 5. The van der Waals surface area contributed by atoms with Crippen LogP contribution in [0.4, 0.5) is 5.69 Å². The quantitative estimate of drug-likeness (QED) is 0.499. The number of sulfonamides is 1. The number of likely N-dealkylation sites (N-methyl/N-ethyl adjacent to an activating group) is 1. The van der Waals surface area contributed by atoms with Gasteiger partial charge >= 0.3 is 0 Å². The second kappa shape index (κ2) is 9.51. The van der Waals surface area contributed by atoms with Crippen molar-refractivity contribution in [2.45, 2.75) is 11.4 Å². The molecule has 0 spiro atoms. The Bertz CT molecular complexity index is 1080. The van der Waals surface area contributed by atoms with Gasteiger partial charge in [0.2, 0.25) is 0 Å². The van der Waals surface area contributed by atoms with E-state index < -0.39 is 10.0 Å². The first kappa shape index (κ1) is 22.1. The molecule has 2 aromatic carbocycles. The van der Waals surface area contributed by atoms with Gasteiger partial charge in [-0.2, -0.15) is 0 Å². The second-order valence-corrected chi connectivity index (χ2v) is 9.98. The van der Waals surface area contributed by atoms with E-state index in [9.17, 15) is 13.2 Å². The summed E-state index contributed by atoms with van der Waals surface area (Å²) >= 11 is 7.43. The number of nitrogens with zero attached hydrogens (tertiary/aromatic N) is 2. The van der Waals surface area contributed by atoms with Gasteiger partial charge in [-0.05, 0) is 60.0 Å². The molecule has 158 valence electrons. The van der Waals surface area contributed by atoms with Crippen molar-refractivity contribution in [3.8, 4) is 5.75 Å². The summed E-state index contributed by atoms with van der Waals surface area (Å²) in [5, 5.41) is 2.43. The van der Waals surface area contributed by atoms with Gasteiger partial charge in [0, 0.05) is 24.0 Å². The molecule has 1 amide bonds. The summed E-state index contributed by atoms with van der Waals surface area (Å²) in [5.74, 6) is 0.337. The molecule has 0 radical (unpaired) electrons. The van der Waals surface area contributed by atoms with Gasteiger partial charge in [-0.25, -0.2) is 8.42 Å². The molecular weight excluding hydrogens is 444 g/mol. The number of hydrogen-bond donors (Lipinski definition) is 0. The van der Waals surface area contributed by atoms with Gasteiger partial charge < -0.3 is 9.64 Å². The predicted molar refractivity (Wildman–Crippen MR) is 120 cm³/mol. The molecule has 0 aliphatic heterocycles. The largest absolute Gasteiger partial charge is 0.484 e. The lowest BCUT2D eigenvalue weighted by Gasteiger charge is -2.20. The highest BCUT2D eigenvalue weighted by atomic mass is 35.5. The maximum Gasteiger partial charge on any atom is 0.264 e. The Labute approximate surface area is 185 Å². The lowest BCUT2D eigenvalue weighted by Crippen LogP contribution is -2.30. The Morgan fingerprint density at radius 3 is 2.30 bits per heavy atom. The van der Waals surface area contributed by atoms with Crippen LogP contribution in [-0.4, -0.2) is 39.9 Å². The van der Waals surface area contributed by atoms with Gasteiger partial charge in [0.15, 0.2) is 6.61 Å². The maximum absolute atomic E-state index is 12.8. The summed E-state index contributed by atoms with van der Waals surface area (Å²) in [6, 6.07) is 16.4. The number of carbonyl (C=O) groups is 1. The predicted octanol–water partition coefficient (Wildman–Crippen LogP) is 4.26. The van der Waals surface area contributed by atoms with Crippen molar-refractivity contribution < 1.29 is 17.9 Å². The van der Waals surface area contributed by atoms with Crippen molar-refractivity contribution >= 4 is 44.6 Å². The van der Waals surface area contributed by atoms with Crippen LogP contribution in [0.3, 0.4) is 0 Å². The van der Waals surface area contributed by atoms with Crippen molar-refractivity contribution in [3.63, 3.8) is 0 Å². The standard InChI is InChI=1S/C21H21ClN2O4S2/c1-23(14-19-4-3-13-29-19)21(25)15-28-18-9-7-17(8-10-18)24(2)30(26,27)20-11-5-16(22)6-12-20/h3-13H,14-15H2,1-2H3. The molecular formula is C21H21ClN2O4S2. The SMILES string of the molecule is CN(Cc1cccs1)C(=O)COc1ccc(N(C)S(=O)(=O)c2ccc(Cl)cc2)cc1. The van der Waals surface area contributed by atoms with Crippen molar-refractivity contribution in [1.29, 1.82) is 0 Å². The number of rotatable bonds is 8. The molecule has 0 atom stereocenters. The Kier molecular flexibility index (Phi) is 7.02. The van der Waals surface area contributed by atoms with E-state index in [0.717, 1.165) is 4.88 Å². The molecule has 0 fully saturated rings. The van der Waals surface area contributed by atoms with E-state index in [-0.39, 0.29) is 17.4 Å². The van der Waals surface area contributed by atoms with Gasteiger partial charge in [-0.1, -0.05) is 17.7 Å². The first-order valence-electron chi connectivity index (χ1n) is 9.01. The van der Waals surface area contributed by atoms with Gasteiger partial charge in [0.25, 0.3) is 15.9 Å². The summed E-state index contributed by atoms with van der Waals surface area (Å²) in [4.78, 5) is 15.1.